The SMILES string of the molecule is CC(O)CN1Cc2ccc(Cl)cc2C1CN. The molecule has 1 aromatic carbocycles. The summed E-state index contributed by atoms with van der Waals surface area (Å²) in [6, 6.07) is 6.11. The van der Waals surface area contributed by atoms with Gasteiger partial charge in [0, 0.05) is 30.7 Å². The fraction of sp³-hybridized carbons (Fsp3) is 0.500. The fourth-order valence-electron chi connectivity index (χ4n) is 2.35. The van der Waals surface area contributed by atoms with Crippen LogP contribution in [0.4, 0.5) is 0 Å². The highest BCUT2D eigenvalue weighted by Crippen LogP contribution is 2.34. The van der Waals surface area contributed by atoms with E-state index in [1.807, 2.05) is 18.2 Å². The fourth-order valence-corrected chi connectivity index (χ4v) is 2.53. The van der Waals surface area contributed by atoms with Gasteiger partial charge >= 0.3 is 0 Å². The summed E-state index contributed by atoms with van der Waals surface area (Å²) in [6.07, 6.45) is -0.334. The number of hydrogen-bond donors (Lipinski definition) is 2. The number of nitrogens with zero attached hydrogens (tertiary/aromatic N) is 1. The van der Waals surface area contributed by atoms with E-state index in [-0.39, 0.29) is 12.1 Å². The lowest BCUT2D eigenvalue weighted by Crippen LogP contribution is -2.33. The number of rotatable bonds is 3. The van der Waals surface area contributed by atoms with Gasteiger partial charge in [-0.3, -0.25) is 4.90 Å². The minimum absolute atomic E-state index is 0.184. The van der Waals surface area contributed by atoms with Gasteiger partial charge in [-0.2, -0.15) is 0 Å². The molecule has 0 saturated heterocycles. The Hall–Kier alpha value is -0.610. The van der Waals surface area contributed by atoms with Gasteiger partial charge in [0.2, 0.25) is 0 Å². The van der Waals surface area contributed by atoms with E-state index in [2.05, 4.69) is 4.90 Å². The molecule has 2 atom stereocenters. The lowest BCUT2D eigenvalue weighted by molar-refractivity contribution is 0.106. The highest BCUT2D eigenvalue weighted by atomic mass is 35.5. The zero-order valence-corrected chi connectivity index (χ0v) is 10.1. The minimum atomic E-state index is -0.334. The first-order chi connectivity index (χ1) is 7.61. The van der Waals surface area contributed by atoms with Crippen LogP contribution < -0.4 is 5.73 Å². The van der Waals surface area contributed by atoms with Crippen LogP contribution in [-0.4, -0.2) is 29.2 Å². The van der Waals surface area contributed by atoms with Crippen molar-refractivity contribution >= 4 is 11.6 Å². The molecule has 1 heterocycles. The normalized spacial score (nSPS) is 22.1. The molecule has 0 amide bonds. The molecule has 0 radical (unpaired) electrons. The Balaban J connectivity index is 2.26. The summed E-state index contributed by atoms with van der Waals surface area (Å²) in [7, 11) is 0. The summed E-state index contributed by atoms with van der Waals surface area (Å²) in [6.45, 7) is 3.84. The predicted octanol–water partition coefficient (Wildman–Crippen LogP) is 1.54. The zero-order chi connectivity index (χ0) is 11.7. The van der Waals surface area contributed by atoms with Crippen molar-refractivity contribution in [3.05, 3.63) is 34.3 Å². The molecule has 3 N–H and O–H groups in total. The quantitative estimate of drug-likeness (QED) is 0.843. The highest BCUT2D eigenvalue weighted by Gasteiger charge is 2.29. The summed E-state index contributed by atoms with van der Waals surface area (Å²) in [5.41, 5.74) is 8.27. The van der Waals surface area contributed by atoms with Crippen LogP contribution in [0, 0.1) is 0 Å². The third kappa shape index (κ3) is 2.23. The van der Waals surface area contributed by atoms with Crippen molar-refractivity contribution in [2.45, 2.75) is 25.6 Å². The van der Waals surface area contributed by atoms with Gasteiger partial charge < -0.3 is 10.8 Å². The molecule has 88 valence electrons. The van der Waals surface area contributed by atoms with Gasteiger partial charge in [-0.15, -0.1) is 0 Å². The van der Waals surface area contributed by atoms with Gasteiger partial charge in [0.15, 0.2) is 0 Å². The third-order valence-corrected chi connectivity index (χ3v) is 3.24. The number of aliphatic hydroxyl groups excluding tert-OH is 1. The Morgan fingerprint density at radius 2 is 2.38 bits per heavy atom. The summed E-state index contributed by atoms with van der Waals surface area (Å²) in [4.78, 5) is 2.20. The summed E-state index contributed by atoms with van der Waals surface area (Å²) < 4.78 is 0. The van der Waals surface area contributed by atoms with Gasteiger partial charge in [0.05, 0.1) is 6.10 Å². The molecule has 4 heteroatoms. The van der Waals surface area contributed by atoms with Crippen LogP contribution in [0.25, 0.3) is 0 Å². The maximum absolute atomic E-state index is 9.45. The van der Waals surface area contributed by atoms with Crippen molar-refractivity contribution in [3.8, 4) is 0 Å². The minimum Gasteiger partial charge on any atom is -0.392 e. The maximum Gasteiger partial charge on any atom is 0.0639 e. The van der Waals surface area contributed by atoms with E-state index in [0.29, 0.717) is 13.1 Å². The van der Waals surface area contributed by atoms with Gasteiger partial charge in [-0.05, 0) is 30.2 Å². The number of hydrogen-bond acceptors (Lipinski definition) is 3. The summed E-state index contributed by atoms with van der Waals surface area (Å²) in [5, 5.41) is 10.2. The third-order valence-electron chi connectivity index (χ3n) is 3.00. The van der Waals surface area contributed by atoms with Crippen LogP contribution in [0.3, 0.4) is 0 Å². The van der Waals surface area contributed by atoms with E-state index in [0.717, 1.165) is 11.6 Å². The highest BCUT2D eigenvalue weighted by molar-refractivity contribution is 6.30. The smallest absolute Gasteiger partial charge is 0.0639 e. The number of halogens is 1. The first kappa shape index (κ1) is 11.9. The number of nitrogens with two attached hydrogens (primary N) is 1. The van der Waals surface area contributed by atoms with E-state index >= 15 is 0 Å². The Bertz CT molecular complexity index is 381. The number of benzene rings is 1. The molecule has 16 heavy (non-hydrogen) atoms. The Labute approximate surface area is 101 Å². The van der Waals surface area contributed by atoms with Crippen LogP contribution in [0.2, 0.25) is 5.02 Å². The molecule has 1 aliphatic rings. The van der Waals surface area contributed by atoms with E-state index in [1.165, 1.54) is 11.1 Å². The van der Waals surface area contributed by atoms with E-state index < -0.39 is 0 Å². The standard InChI is InChI=1S/C12H17ClN2O/c1-8(16)6-15-7-9-2-3-10(13)4-11(9)12(15)5-14/h2-4,8,12,16H,5-7,14H2,1H3. The van der Waals surface area contributed by atoms with Crippen molar-refractivity contribution in [3.63, 3.8) is 0 Å². The molecule has 2 unspecified atom stereocenters. The van der Waals surface area contributed by atoms with Crippen LogP contribution in [0.1, 0.15) is 24.1 Å². The van der Waals surface area contributed by atoms with Crippen molar-refractivity contribution in [1.29, 1.82) is 0 Å². The van der Waals surface area contributed by atoms with Crippen molar-refractivity contribution < 1.29 is 5.11 Å². The second-order valence-corrected chi connectivity index (χ2v) is 4.81. The van der Waals surface area contributed by atoms with Crippen LogP contribution in [0.5, 0.6) is 0 Å². The predicted molar refractivity (Wildman–Crippen MR) is 65.3 cm³/mol. The zero-order valence-electron chi connectivity index (χ0n) is 9.36. The second-order valence-electron chi connectivity index (χ2n) is 4.37. The summed E-state index contributed by atoms with van der Waals surface area (Å²) in [5.74, 6) is 0. The molecular formula is C12H17ClN2O. The van der Waals surface area contributed by atoms with Crippen molar-refractivity contribution in [2.24, 2.45) is 5.73 Å². The largest absolute Gasteiger partial charge is 0.392 e. The van der Waals surface area contributed by atoms with Crippen molar-refractivity contribution in [2.75, 3.05) is 13.1 Å². The molecule has 2 rings (SSSR count). The topological polar surface area (TPSA) is 49.5 Å². The van der Waals surface area contributed by atoms with Gasteiger partial charge in [-0.25, -0.2) is 0 Å². The Morgan fingerprint density at radius 1 is 1.62 bits per heavy atom. The lowest BCUT2D eigenvalue weighted by Gasteiger charge is -2.24. The number of aliphatic hydroxyl groups is 1. The molecule has 0 fully saturated rings. The van der Waals surface area contributed by atoms with Gasteiger partial charge in [-0.1, -0.05) is 17.7 Å². The molecule has 0 saturated carbocycles. The lowest BCUT2D eigenvalue weighted by atomic mass is 10.1. The number of β-amino-alcohol motifs (C(OH)–C–C–N with tert-alkyl or cyclic N) is 1. The maximum atomic E-state index is 9.45. The molecule has 3 nitrogen and oxygen atoms in total. The van der Waals surface area contributed by atoms with Gasteiger partial charge in [0.1, 0.15) is 0 Å². The molecular weight excluding hydrogens is 224 g/mol. The first-order valence-corrected chi connectivity index (χ1v) is 5.90. The van der Waals surface area contributed by atoms with Gasteiger partial charge in [0.25, 0.3) is 0 Å². The van der Waals surface area contributed by atoms with E-state index in [4.69, 9.17) is 17.3 Å². The molecule has 1 aromatic rings. The average Bonchev–Trinajstić information content (AvgIpc) is 2.53. The molecule has 1 aliphatic heterocycles. The van der Waals surface area contributed by atoms with Crippen molar-refractivity contribution in [1.82, 2.24) is 4.90 Å². The molecule has 0 spiro atoms. The summed E-state index contributed by atoms with van der Waals surface area (Å²) >= 11 is 5.99. The molecule has 0 bridgehead atoms. The van der Waals surface area contributed by atoms with Crippen LogP contribution >= 0.6 is 11.6 Å². The average molecular weight is 241 g/mol. The van der Waals surface area contributed by atoms with Crippen LogP contribution in [0.15, 0.2) is 18.2 Å². The van der Waals surface area contributed by atoms with E-state index in [1.54, 1.807) is 6.92 Å². The monoisotopic (exact) mass is 240 g/mol. The van der Waals surface area contributed by atoms with E-state index in [9.17, 15) is 5.11 Å². The Morgan fingerprint density at radius 3 is 3.00 bits per heavy atom. The van der Waals surface area contributed by atoms with Crippen LogP contribution in [-0.2, 0) is 6.54 Å². The first-order valence-electron chi connectivity index (χ1n) is 5.52. The second kappa shape index (κ2) is 4.72. The Kier molecular flexibility index (Phi) is 3.50. The molecule has 0 aliphatic carbocycles. The number of fused-ring (bicyclic) bond motifs is 1. The molecule has 0 aromatic heterocycles.